The van der Waals surface area contributed by atoms with Crippen LogP contribution in [0.3, 0.4) is 0 Å². The molecule has 1 aromatic heterocycles. The summed E-state index contributed by atoms with van der Waals surface area (Å²) >= 11 is 0.979. The van der Waals surface area contributed by atoms with Crippen molar-refractivity contribution in [3.8, 4) is 23.0 Å². The Morgan fingerprint density at radius 1 is 1.07 bits per heavy atom. The van der Waals surface area contributed by atoms with Gasteiger partial charge in [-0.2, -0.15) is 0 Å². The van der Waals surface area contributed by atoms with E-state index in [1.165, 1.54) is 0 Å². The van der Waals surface area contributed by atoms with Crippen LogP contribution in [0.1, 0.15) is 52.2 Å². The van der Waals surface area contributed by atoms with Crippen molar-refractivity contribution in [2.75, 3.05) is 6.61 Å². The van der Waals surface area contributed by atoms with Gasteiger partial charge in [-0.3, -0.25) is 14.9 Å². The largest absolute Gasteiger partial charge is 0.507 e. The lowest BCUT2D eigenvalue weighted by Crippen LogP contribution is -2.42. The number of nitrogens with one attached hydrogen (secondary N) is 1. The standard InChI is InChI=1S/C32H33N3O6S/c1-17-18(2)28-23(19(3)27(17)36)12-13-32(4,41-28)16-40-22-10-11-24-25(14-22)35(5)26(33-24)15-39-21-8-6-20(7-9-21)29-30(37)34-31(38)42-29/h6-11,14,29,36H,12-13,15-16H2,1-5H3,(H,34,37,38). The van der Waals surface area contributed by atoms with E-state index in [2.05, 4.69) is 12.2 Å². The normalized spacial score (nSPS) is 19.9. The van der Waals surface area contributed by atoms with Gasteiger partial charge in [0, 0.05) is 18.7 Å². The number of rotatable bonds is 7. The first kappa shape index (κ1) is 28.0. The molecule has 42 heavy (non-hydrogen) atoms. The molecule has 9 nitrogen and oxygen atoms in total. The minimum atomic E-state index is -0.530. The molecule has 0 saturated carbocycles. The summed E-state index contributed by atoms with van der Waals surface area (Å²) in [6, 6.07) is 13.0. The van der Waals surface area contributed by atoms with Crippen molar-refractivity contribution in [3.05, 3.63) is 76.1 Å². The van der Waals surface area contributed by atoms with Gasteiger partial charge < -0.3 is 23.9 Å². The maximum absolute atomic E-state index is 11.9. The van der Waals surface area contributed by atoms with Crippen molar-refractivity contribution in [3.63, 3.8) is 0 Å². The highest BCUT2D eigenvalue weighted by molar-refractivity contribution is 8.15. The Morgan fingerprint density at radius 3 is 2.52 bits per heavy atom. The number of phenolic OH excluding ortho intramolecular Hbond substituents is 1. The van der Waals surface area contributed by atoms with Gasteiger partial charge in [-0.05, 0) is 98.8 Å². The molecule has 1 fully saturated rings. The highest BCUT2D eigenvalue weighted by atomic mass is 32.2. The first-order chi connectivity index (χ1) is 20.0. The van der Waals surface area contributed by atoms with Crippen LogP contribution in [-0.2, 0) is 24.9 Å². The van der Waals surface area contributed by atoms with Crippen LogP contribution in [0.15, 0.2) is 42.5 Å². The molecule has 2 amide bonds. The molecular formula is C32H33N3O6S. The molecule has 2 unspecified atom stereocenters. The Balaban J connectivity index is 1.11. The Hall–Kier alpha value is -4.18. The van der Waals surface area contributed by atoms with Crippen LogP contribution in [0.25, 0.3) is 11.0 Å². The second-order valence-corrected chi connectivity index (χ2v) is 12.3. The Bertz CT molecular complexity index is 1730. The van der Waals surface area contributed by atoms with E-state index in [9.17, 15) is 14.7 Å². The predicted molar refractivity (Wildman–Crippen MR) is 161 cm³/mol. The van der Waals surface area contributed by atoms with Gasteiger partial charge in [0.05, 0.1) is 11.0 Å². The number of hydrogen-bond donors (Lipinski definition) is 2. The van der Waals surface area contributed by atoms with Gasteiger partial charge in [-0.15, -0.1) is 0 Å². The van der Waals surface area contributed by atoms with Crippen LogP contribution in [0.5, 0.6) is 23.0 Å². The zero-order chi connectivity index (χ0) is 29.8. The number of aromatic hydroxyl groups is 1. The molecule has 4 aromatic rings. The molecular weight excluding hydrogens is 554 g/mol. The molecule has 10 heteroatoms. The van der Waals surface area contributed by atoms with Crippen molar-refractivity contribution in [2.45, 2.75) is 58.0 Å². The highest BCUT2D eigenvalue weighted by Gasteiger charge is 2.36. The molecule has 2 atom stereocenters. The Morgan fingerprint density at radius 2 is 1.81 bits per heavy atom. The Kier molecular flexibility index (Phi) is 7.04. The number of amides is 2. The number of imide groups is 1. The minimum Gasteiger partial charge on any atom is -0.507 e. The fourth-order valence-electron chi connectivity index (χ4n) is 5.53. The van der Waals surface area contributed by atoms with E-state index in [1.807, 2.05) is 50.6 Å². The van der Waals surface area contributed by atoms with Crippen LogP contribution >= 0.6 is 11.8 Å². The number of ether oxygens (including phenoxy) is 3. The number of nitrogens with zero attached hydrogens (tertiary/aromatic N) is 2. The van der Waals surface area contributed by atoms with E-state index < -0.39 is 10.9 Å². The van der Waals surface area contributed by atoms with Crippen molar-refractivity contribution in [2.24, 2.45) is 7.05 Å². The number of carbonyl (C=O) groups excluding carboxylic acids is 2. The van der Waals surface area contributed by atoms with Gasteiger partial charge in [0.2, 0.25) is 5.91 Å². The molecule has 0 spiro atoms. The molecule has 3 heterocycles. The first-order valence-corrected chi connectivity index (χ1v) is 14.7. The molecule has 218 valence electrons. The SMILES string of the molecule is Cc1c(C)c2c(c(C)c1O)CCC(C)(COc1ccc3nc(COc4ccc(C5SC(=O)NC5=O)cc4)n(C)c3c1)O2. The third-order valence-corrected chi connectivity index (χ3v) is 9.36. The first-order valence-electron chi connectivity index (χ1n) is 13.9. The third kappa shape index (κ3) is 5.04. The van der Waals surface area contributed by atoms with Crippen molar-refractivity contribution in [1.29, 1.82) is 0 Å². The summed E-state index contributed by atoms with van der Waals surface area (Å²) < 4.78 is 20.7. The lowest BCUT2D eigenvalue weighted by atomic mass is 9.87. The van der Waals surface area contributed by atoms with E-state index in [4.69, 9.17) is 19.2 Å². The summed E-state index contributed by atoms with van der Waals surface area (Å²) in [6.45, 7) is 8.57. The number of imidazole rings is 1. The fourth-order valence-corrected chi connectivity index (χ4v) is 6.37. The zero-order valence-corrected chi connectivity index (χ0v) is 25.1. The average Bonchev–Trinajstić information content (AvgIpc) is 3.49. The van der Waals surface area contributed by atoms with E-state index in [0.717, 1.165) is 80.8 Å². The molecule has 6 rings (SSSR count). The Labute approximate surface area is 248 Å². The number of aryl methyl sites for hydroxylation is 1. The molecule has 0 radical (unpaired) electrons. The second-order valence-electron chi connectivity index (χ2n) is 11.2. The van der Waals surface area contributed by atoms with Crippen molar-refractivity contribution < 1.29 is 28.9 Å². The smallest absolute Gasteiger partial charge is 0.286 e. The van der Waals surface area contributed by atoms with Gasteiger partial charge in [0.15, 0.2) is 0 Å². The number of carbonyl (C=O) groups is 2. The molecule has 3 aromatic carbocycles. The summed E-state index contributed by atoms with van der Waals surface area (Å²) in [5.74, 6) is 3.04. The van der Waals surface area contributed by atoms with E-state index in [0.29, 0.717) is 18.1 Å². The predicted octanol–water partition coefficient (Wildman–Crippen LogP) is 5.97. The van der Waals surface area contributed by atoms with Crippen LogP contribution in [0.4, 0.5) is 4.79 Å². The topological polar surface area (TPSA) is 112 Å². The van der Waals surface area contributed by atoms with E-state index >= 15 is 0 Å². The average molecular weight is 588 g/mol. The summed E-state index contributed by atoms with van der Waals surface area (Å²) in [7, 11) is 1.94. The quantitative estimate of drug-likeness (QED) is 0.272. The van der Waals surface area contributed by atoms with Crippen molar-refractivity contribution in [1.82, 2.24) is 14.9 Å². The maximum atomic E-state index is 11.9. The van der Waals surface area contributed by atoms with Crippen molar-refractivity contribution >= 4 is 33.9 Å². The van der Waals surface area contributed by atoms with E-state index in [1.54, 1.807) is 24.3 Å². The minimum absolute atomic E-state index is 0.261. The van der Waals surface area contributed by atoms with Crippen LogP contribution in [-0.4, -0.2) is 38.0 Å². The maximum Gasteiger partial charge on any atom is 0.286 e. The summed E-state index contributed by atoms with van der Waals surface area (Å²) in [4.78, 5) is 28.1. The molecule has 0 bridgehead atoms. The van der Waals surface area contributed by atoms with Gasteiger partial charge in [-0.1, -0.05) is 12.1 Å². The van der Waals surface area contributed by atoms with Gasteiger partial charge in [0.1, 0.15) is 52.9 Å². The van der Waals surface area contributed by atoms with Gasteiger partial charge in [0.25, 0.3) is 5.24 Å². The summed E-state index contributed by atoms with van der Waals surface area (Å²) in [5, 5.41) is 11.9. The number of fused-ring (bicyclic) bond motifs is 2. The van der Waals surface area contributed by atoms with Crippen LogP contribution in [0, 0.1) is 20.8 Å². The molecule has 2 aliphatic heterocycles. The number of thioether (sulfide) groups is 1. The number of benzene rings is 3. The van der Waals surface area contributed by atoms with Crippen LogP contribution < -0.4 is 19.5 Å². The fraction of sp³-hybridized carbons (Fsp3) is 0.344. The molecule has 2 aliphatic rings. The number of hydrogen-bond acceptors (Lipinski definition) is 8. The number of aromatic nitrogens is 2. The lowest BCUT2D eigenvalue weighted by molar-refractivity contribution is -0.119. The molecule has 1 saturated heterocycles. The second kappa shape index (κ2) is 10.6. The zero-order valence-electron chi connectivity index (χ0n) is 24.2. The van der Waals surface area contributed by atoms with E-state index in [-0.39, 0.29) is 17.8 Å². The molecule has 0 aliphatic carbocycles. The van der Waals surface area contributed by atoms with Gasteiger partial charge in [-0.25, -0.2) is 4.98 Å². The van der Waals surface area contributed by atoms with Crippen LogP contribution in [0.2, 0.25) is 0 Å². The highest BCUT2D eigenvalue weighted by Crippen LogP contribution is 2.43. The number of phenols is 1. The summed E-state index contributed by atoms with van der Waals surface area (Å²) in [5.41, 5.74) is 5.80. The summed E-state index contributed by atoms with van der Waals surface area (Å²) in [6.07, 6.45) is 1.60. The monoisotopic (exact) mass is 587 g/mol. The third-order valence-electron chi connectivity index (χ3n) is 8.32. The van der Waals surface area contributed by atoms with Gasteiger partial charge >= 0.3 is 0 Å². The molecule has 2 N–H and O–H groups in total. The lowest BCUT2D eigenvalue weighted by Gasteiger charge is -2.37.